The number of halogens is 2. The molecule has 0 unspecified atom stereocenters. The second-order valence-electron chi connectivity index (χ2n) is 1.34. The average molecular weight is 290 g/mol. The predicted molar refractivity (Wildman–Crippen MR) is 49.6 cm³/mol. The van der Waals surface area contributed by atoms with E-state index < -0.39 is 0 Å². The molecular weight excluding hydrogens is 281 g/mol. The van der Waals surface area contributed by atoms with Gasteiger partial charge in [-0.05, 0) is 10.6 Å². The van der Waals surface area contributed by atoms with Crippen LogP contribution in [-0.2, 0) is 0 Å². The minimum Gasteiger partial charge on any atom is -0.312 e. The van der Waals surface area contributed by atoms with Gasteiger partial charge in [-0.25, -0.2) is 0 Å². The first-order chi connectivity index (χ1) is 3.81. The second kappa shape index (κ2) is 6.04. The van der Waals surface area contributed by atoms with E-state index in [1.165, 1.54) is 4.48 Å². The number of hydrogen-bond donors (Lipinski definition) is 1. The molecule has 0 atom stereocenters. The summed E-state index contributed by atoms with van der Waals surface area (Å²) < 4.78 is 3.22. The monoisotopic (exact) mass is 289 g/mol. The molecule has 3 heteroatoms. The number of nitrogens with one attached hydrogen (secondary N) is 1. The smallest absolute Gasteiger partial charge is 0.0276 e. The van der Waals surface area contributed by atoms with Crippen molar-refractivity contribution < 1.29 is 0 Å². The molecule has 0 bridgehead atoms. The molecule has 0 amide bonds. The molecule has 0 aliphatic rings. The highest BCUT2D eigenvalue weighted by Gasteiger charge is 1.84. The van der Waals surface area contributed by atoms with Crippen molar-refractivity contribution in [2.24, 2.45) is 0 Å². The van der Waals surface area contributed by atoms with Crippen LogP contribution in [0.15, 0.2) is 8.57 Å². The van der Waals surface area contributed by atoms with Gasteiger partial charge in [0.2, 0.25) is 0 Å². The summed E-state index contributed by atoms with van der Waals surface area (Å²) in [5.41, 5.74) is 0. The van der Waals surface area contributed by atoms with Crippen LogP contribution < -0.4 is 5.32 Å². The van der Waals surface area contributed by atoms with Crippen molar-refractivity contribution in [1.82, 2.24) is 5.32 Å². The van der Waals surface area contributed by atoms with Gasteiger partial charge in [-0.2, -0.15) is 0 Å². The van der Waals surface area contributed by atoms with E-state index in [0.717, 1.165) is 13.1 Å². The minimum absolute atomic E-state index is 0.944. The summed E-state index contributed by atoms with van der Waals surface area (Å²) in [5.74, 6) is 0. The van der Waals surface area contributed by atoms with Gasteiger partial charge in [0.05, 0.1) is 0 Å². The predicted octanol–water partition coefficient (Wildman–Crippen LogP) is 2.27. The van der Waals surface area contributed by atoms with E-state index in [-0.39, 0.29) is 0 Å². The van der Waals surface area contributed by atoms with Gasteiger partial charge < -0.3 is 5.32 Å². The quantitative estimate of drug-likeness (QED) is 0.786. The summed E-state index contributed by atoms with van der Waals surface area (Å²) in [6, 6.07) is 0. The molecule has 0 aromatic rings. The van der Waals surface area contributed by atoms with E-state index in [1.54, 1.807) is 0 Å². The summed E-state index contributed by atoms with van der Waals surface area (Å²) >= 11 is 5.57. The Morgan fingerprint density at radius 1 is 1.88 bits per heavy atom. The molecule has 8 heavy (non-hydrogen) atoms. The van der Waals surface area contributed by atoms with Crippen LogP contribution in [0.5, 0.6) is 0 Å². The lowest BCUT2D eigenvalue weighted by molar-refractivity contribution is 0.796. The molecule has 0 radical (unpaired) electrons. The van der Waals surface area contributed by atoms with Crippen molar-refractivity contribution in [1.29, 1.82) is 0 Å². The fourth-order valence-corrected chi connectivity index (χ4v) is 0.701. The van der Waals surface area contributed by atoms with Crippen LogP contribution in [0.25, 0.3) is 0 Å². The lowest BCUT2D eigenvalue weighted by Crippen LogP contribution is -2.13. The van der Waals surface area contributed by atoms with Crippen molar-refractivity contribution >= 4 is 38.5 Å². The molecule has 0 heterocycles. The minimum atomic E-state index is 0.944. The Kier molecular flexibility index (Phi) is 6.72. The van der Waals surface area contributed by atoms with Gasteiger partial charge in [-0.1, -0.05) is 45.4 Å². The average Bonchev–Trinajstić information content (AvgIpc) is 1.83. The lowest BCUT2D eigenvalue weighted by Gasteiger charge is -1.95. The molecule has 0 fully saturated rings. The normalized spacial score (nSPS) is 12.1. The summed E-state index contributed by atoms with van der Waals surface area (Å²) in [6.45, 7) is 4.06. The van der Waals surface area contributed by atoms with E-state index in [4.69, 9.17) is 0 Å². The van der Waals surface area contributed by atoms with Crippen molar-refractivity contribution in [3.05, 3.63) is 8.57 Å². The molecule has 1 nitrogen and oxygen atoms in total. The Bertz CT molecular complexity index is 82.5. The standard InChI is InChI=1S/C5H9BrIN/c1-2-8-4-5(6)3-7/h3,8H,2,4H2,1H3/b5-3-. The summed E-state index contributed by atoms with van der Waals surface area (Å²) in [7, 11) is 0. The molecular formula is C5H9BrIN. The van der Waals surface area contributed by atoms with Gasteiger partial charge in [0.15, 0.2) is 0 Å². The van der Waals surface area contributed by atoms with Gasteiger partial charge >= 0.3 is 0 Å². The van der Waals surface area contributed by atoms with E-state index >= 15 is 0 Å². The first kappa shape index (κ1) is 8.91. The first-order valence-corrected chi connectivity index (χ1v) is 4.50. The third kappa shape index (κ3) is 5.05. The zero-order chi connectivity index (χ0) is 6.41. The van der Waals surface area contributed by atoms with Crippen molar-refractivity contribution in [3.8, 4) is 0 Å². The Morgan fingerprint density at radius 2 is 2.50 bits per heavy atom. The number of likely N-dealkylation sites (N-methyl/N-ethyl adjacent to an activating group) is 1. The molecule has 0 rings (SSSR count). The molecule has 0 aliphatic heterocycles. The molecule has 0 saturated heterocycles. The third-order valence-corrected chi connectivity index (χ3v) is 2.78. The highest BCUT2D eigenvalue weighted by molar-refractivity contribution is 14.1. The second-order valence-corrected chi connectivity index (χ2v) is 2.98. The Labute approximate surface area is 72.2 Å². The summed E-state index contributed by atoms with van der Waals surface area (Å²) in [6.07, 6.45) is 0. The van der Waals surface area contributed by atoms with Crippen LogP contribution in [0, 0.1) is 0 Å². The maximum atomic E-state index is 3.37. The molecule has 0 spiro atoms. The highest BCUT2D eigenvalue weighted by Crippen LogP contribution is 2.04. The van der Waals surface area contributed by atoms with E-state index in [9.17, 15) is 0 Å². The van der Waals surface area contributed by atoms with Crippen LogP contribution in [0.1, 0.15) is 6.92 Å². The van der Waals surface area contributed by atoms with Gasteiger partial charge in [0.1, 0.15) is 0 Å². The van der Waals surface area contributed by atoms with Crippen LogP contribution in [0.4, 0.5) is 0 Å². The Hall–Kier alpha value is 0.910. The van der Waals surface area contributed by atoms with Gasteiger partial charge in [0, 0.05) is 11.0 Å². The molecule has 0 aromatic heterocycles. The molecule has 0 aliphatic carbocycles. The lowest BCUT2D eigenvalue weighted by atomic mass is 10.6. The fraction of sp³-hybridized carbons (Fsp3) is 0.600. The molecule has 0 saturated carbocycles. The topological polar surface area (TPSA) is 12.0 Å². The van der Waals surface area contributed by atoms with Crippen LogP contribution in [-0.4, -0.2) is 13.1 Å². The van der Waals surface area contributed by atoms with Crippen LogP contribution in [0.3, 0.4) is 0 Å². The van der Waals surface area contributed by atoms with Crippen molar-refractivity contribution in [2.75, 3.05) is 13.1 Å². The maximum absolute atomic E-state index is 3.37. The van der Waals surface area contributed by atoms with Crippen LogP contribution >= 0.6 is 38.5 Å². The fourth-order valence-electron chi connectivity index (χ4n) is 0.283. The van der Waals surface area contributed by atoms with Gasteiger partial charge in [0.25, 0.3) is 0 Å². The maximum Gasteiger partial charge on any atom is 0.0276 e. The summed E-state index contributed by atoms with van der Waals surface area (Å²) in [4.78, 5) is 0. The van der Waals surface area contributed by atoms with Gasteiger partial charge in [-0.3, -0.25) is 0 Å². The molecule has 0 aromatic carbocycles. The Morgan fingerprint density at radius 3 is 2.88 bits per heavy atom. The first-order valence-electron chi connectivity index (χ1n) is 2.46. The van der Waals surface area contributed by atoms with Crippen molar-refractivity contribution in [3.63, 3.8) is 0 Å². The zero-order valence-corrected chi connectivity index (χ0v) is 8.49. The zero-order valence-electron chi connectivity index (χ0n) is 4.75. The largest absolute Gasteiger partial charge is 0.312 e. The molecule has 48 valence electrons. The number of hydrogen-bond acceptors (Lipinski definition) is 1. The highest BCUT2D eigenvalue weighted by atomic mass is 127. The number of rotatable bonds is 3. The third-order valence-electron chi connectivity index (χ3n) is 0.662. The summed E-state index contributed by atoms with van der Waals surface area (Å²) in [5, 5.41) is 3.18. The molecule has 1 N–H and O–H groups in total. The van der Waals surface area contributed by atoms with E-state index in [1.807, 2.05) is 4.08 Å². The van der Waals surface area contributed by atoms with Crippen molar-refractivity contribution in [2.45, 2.75) is 6.92 Å². The van der Waals surface area contributed by atoms with E-state index in [2.05, 4.69) is 50.8 Å². The van der Waals surface area contributed by atoms with Gasteiger partial charge in [-0.15, -0.1) is 0 Å². The van der Waals surface area contributed by atoms with E-state index in [0.29, 0.717) is 0 Å². The van der Waals surface area contributed by atoms with Crippen LogP contribution in [0.2, 0.25) is 0 Å². The SMILES string of the molecule is CCNC/C(Br)=C/I. The Balaban J connectivity index is 3.12.